The van der Waals surface area contributed by atoms with Crippen LogP contribution in [-0.4, -0.2) is 0 Å². The first-order chi connectivity index (χ1) is 5.93. The van der Waals surface area contributed by atoms with Crippen LogP contribution in [0.5, 0.6) is 0 Å². The van der Waals surface area contributed by atoms with Gasteiger partial charge in [-0.1, -0.05) is 24.1 Å². The molecule has 12 heavy (non-hydrogen) atoms. The Morgan fingerprint density at radius 3 is 2.50 bits per heavy atom. The van der Waals surface area contributed by atoms with Crippen LogP contribution in [0, 0.1) is 24.1 Å². The number of hydrogen-bond donors (Lipinski definition) is 0. The molecule has 1 rings (SSSR count). The monoisotopic (exact) mass is 156 g/mol. The topological polar surface area (TPSA) is 9.23 Å². The van der Waals surface area contributed by atoms with Crippen LogP contribution in [0.25, 0.3) is 0 Å². The van der Waals surface area contributed by atoms with Gasteiger partial charge in [-0.25, -0.2) is 0 Å². The molecule has 1 aromatic carbocycles. The quantitative estimate of drug-likeness (QED) is 0.522. The van der Waals surface area contributed by atoms with E-state index in [9.17, 15) is 0 Å². The van der Waals surface area contributed by atoms with E-state index in [0.29, 0.717) is 0 Å². The zero-order valence-corrected chi connectivity index (χ0v) is 6.79. The van der Waals surface area contributed by atoms with Crippen molar-refractivity contribution in [3.05, 3.63) is 35.9 Å². The highest BCUT2D eigenvalue weighted by molar-refractivity contribution is 5.32. The zero-order chi connectivity index (χ0) is 8.65. The highest BCUT2D eigenvalue weighted by atomic mass is 16.5. The van der Waals surface area contributed by atoms with E-state index >= 15 is 0 Å². The summed E-state index contributed by atoms with van der Waals surface area (Å²) in [5, 5.41) is 0. The van der Waals surface area contributed by atoms with Gasteiger partial charge in [0.05, 0.1) is 0 Å². The van der Waals surface area contributed by atoms with Crippen molar-refractivity contribution in [3.8, 4) is 24.1 Å². The minimum atomic E-state index is 0.926. The van der Waals surface area contributed by atoms with E-state index in [0.717, 1.165) is 5.56 Å². The summed E-state index contributed by atoms with van der Waals surface area (Å²) in [6, 6.07) is 9.62. The van der Waals surface area contributed by atoms with Crippen LogP contribution in [-0.2, 0) is 4.74 Å². The molecule has 0 heterocycles. The lowest BCUT2D eigenvalue weighted by Crippen LogP contribution is -1.71. The standard InChI is InChI=1S/C11H8O/c1-2-9-12-10-8-11-6-4-3-5-7-11/h3-7H,1H3. The summed E-state index contributed by atoms with van der Waals surface area (Å²) in [7, 11) is 0. The van der Waals surface area contributed by atoms with E-state index in [1.165, 1.54) is 0 Å². The molecule has 0 aliphatic rings. The number of ether oxygens (including phenoxy) is 1. The molecule has 0 radical (unpaired) electrons. The second kappa shape index (κ2) is 4.88. The Balaban J connectivity index is 2.59. The number of benzene rings is 1. The average Bonchev–Trinajstić information content (AvgIpc) is 2.14. The van der Waals surface area contributed by atoms with E-state index in [1.807, 2.05) is 30.3 Å². The Morgan fingerprint density at radius 2 is 1.83 bits per heavy atom. The van der Waals surface area contributed by atoms with E-state index in [1.54, 1.807) is 6.92 Å². The molecule has 0 atom stereocenters. The lowest BCUT2D eigenvalue weighted by Gasteiger charge is -1.84. The van der Waals surface area contributed by atoms with Crippen molar-refractivity contribution < 1.29 is 4.74 Å². The van der Waals surface area contributed by atoms with Crippen molar-refractivity contribution in [2.24, 2.45) is 0 Å². The first-order valence-corrected chi connectivity index (χ1v) is 3.57. The van der Waals surface area contributed by atoms with Gasteiger partial charge in [-0.2, -0.15) is 0 Å². The second-order valence-corrected chi connectivity index (χ2v) is 2.05. The maximum Gasteiger partial charge on any atom is 0.135 e. The lowest BCUT2D eigenvalue weighted by molar-refractivity contribution is 0.479. The summed E-state index contributed by atoms with van der Waals surface area (Å²) in [6.07, 6.45) is 4.87. The molecular formula is C11H8O. The molecule has 0 N–H and O–H groups in total. The number of rotatable bonds is 0. The molecule has 0 unspecified atom stereocenters. The van der Waals surface area contributed by atoms with E-state index < -0.39 is 0 Å². The Kier molecular flexibility index (Phi) is 3.35. The molecule has 0 saturated heterocycles. The molecule has 1 heteroatoms. The van der Waals surface area contributed by atoms with E-state index in [-0.39, 0.29) is 0 Å². The Labute approximate surface area is 72.4 Å². The van der Waals surface area contributed by atoms with Gasteiger partial charge in [0, 0.05) is 12.5 Å². The zero-order valence-electron chi connectivity index (χ0n) is 6.79. The first-order valence-electron chi connectivity index (χ1n) is 3.57. The third-order valence-electron chi connectivity index (χ3n) is 1.17. The highest BCUT2D eigenvalue weighted by Crippen LogP contribution is 1.94. The van der Waals surface area contributed by atoms with Gasteiger partial charge in [-0.3, -0.25) is 0 Å². The van der Waals surface area contributed by atoms with Gasteiger partial charge < -0.3 is 4.74 Å². The SMILES string of the molecule is CC#COC#Cc1ccccc1. The molecule has 1 aromatic rings. The molecule has 0 aliphatic carbocycles. The molecule has 0 spiro atoms. The molecule has 0 fully saturated rings. The summed E-state index contributed by atoms with van der Waals surface area (Å²) in [5.41, 5.74) is 0.926. The van der Waals surface area contributed by atoms with Crippen molar-refractivity contribution >= 4 is 0 Å². The van der Waals surface area contributed by atoms with Gasteiger partial charge in [0.15, 0.2) is 0 Å². The summed E-state index contributed by atoms with van der Waals surface area (Å²) in [4.78, 5) is 0. The van der Waals surface area contributed by atoms with E-state index in [2.05, 4.69) is 28.8 Å². The maximum atomic E-state index is 4.66. The Hall–Kier alpha value is -1.86. The summed E-state index contributed by atoms with van der Waals surface area (Å²) < 4.78 is 4.66. The molecular weight excluding hydrogens is 148 g/mol. The van der Waals surface area contributed by atoms with Crippen LogP contribution < -0.4 is 0 Å². The smallest absolute Gasteiger partial charge is 0.135 e. The molecule has 0 aliphatic heterocycles. The first kappa shape index (κ1) is 8.24. The minimum absolute atomic E-state index is 0.926. The maximum absolute atomic E-state index is 4.66. The van der Waals surface area contributed by atoms with Crippen molar-refractivity contribution in [2.45, 2.75) is 6.92 Å². The third-order valence-corrected chi connectivity index (χ3v) is 1.17. The molecule has 0 amide bonds. The van der Waals surface area contributed by atoms with Crippen LogP contribution in [0.15, 0.2) is 30.3 Å². The fraction of sp³-hybridized carbons (Fsp3) is 0.0909. The summed E-state index contributed by atoms with van der Waals surface area (Å²) in [5.74, 6) is 5.38. The normalized spacial score (nSPS) is 7.08. The lowest BCUT2D eigenvalue weighted by atomic mass is 10.2. The van der Waals surface area contributed by atoms with Gasteiger partial charge in [-0.15, -0.1) is 0 Å². The Morgan fingerprint density at radius 1 is 1.08 bits per heavy atom. The number of hydrogen-bond acceptors (Lipinski definition) is 1. The average molecular weight is 156 g/mol. The third kappa shape index (κ3) is 2.82. The van der Waals surface area contributed by atoms with Crippen LogP contribution in [0.2, 0.25) is 0 Å². The molecule has 0 aromatic heterocycles. The van der Waals surface area contributed by atoms with Gasteiger partial charge in [0.2, 0.25) is 0 Å². The van der Waals surface area contributed by atoms with Crippen molar-refractivity contribution in [3.63, 3.8) is 0 Å². The van der Waals surface area contributed by atoms with Gasteiger partial charge >= 0.3 is 0 Å². The van der Waals surface area contributed by atoms with Crippen LogP contribution >= 0.6 is 0 Å². The summed E-state index contributed by atoms with van der Waals surface area (Å²) >= 11 is 0. The van der Waals surface area contributed by atoms with Gasteiger partial charge in [0.25, 0.3) is 0 Å². The van der Waals surface area contributed by atoms with Crippen molar-refractivity contribution in [1.29, 1.82) is 0 Å². The van der Waals surface area contributed by atoms with Crippen molar-refractivity contribution in [1.82, 2.24) is 0 Å². The predicted molar refractivity (Wildman–Crippen MR) is 47.9 cm³/mol. The molecule has 1 nitrogen and oxygen atoms in total. The van der Waals surface area contributed by atoms with Gasteiger partial charge in [-0.05, 0) is 18.1 Å². The fourth-order valence-electron chi connectivity index (χ4n) is 0.682. The van der Waals surface area contributed by atoms with Crippen LogP contribution in [0.3, 0.4) is 0 Å². The Bertz CT molecular complexity index is 343. The largest absolute Gasteiger partial charge is 0.356 e. The van der Waals surface area contributed by atoms with Crippen LogP contribution in [0.4, 0.5) is 0 Å². The van der Waals surface area contributed by atoms with Crippen LogP contribution in [0.1, 0.15) is 12.5 Å². The second-order valence-electron chi connectivity index (χ2n) is 2.05. The fourth-order valence-corrected chi connectivity index (χ4v) is 0.682. The van der Waals surface area contributed by atoms with Crippen molar-refractivity contribution in [2.75, 3.05) is 0 Å². The summed E-state index contributed by atoms with van der Waals surface area (Å²) in [6.45, 7) is 1.70. The highest BCUT2D eigenvalue weighted by Gasteiger charge is 1.79. The molecule has 0 bridgehead atoms. The van der Waals surface area contributed by atoms with E-state index in [4.69, 9.17) is 0 Å². The predicted octanol–water partition coefficient (Wildman–Crippen LogP) is 1.99. The van der Waals surface area contributed by atoms with Gasteiger partial charge in [0.1, 0.15) is 12.2 Å². The molecule has 0 saturated carbocycles. The minimum Gasteiger partial charge on any atom is -0.356 e. The molecule has 58 valence electrons.